The SMILES string of the molecule is COC(=O)C(Br)Cn1cc([N+](=O)[O-])cn1. The summed E-state index contributed by atoms with van der Waals surface area (Å²) >= 11 is 3.08. The van der Waals surface area contributed by atoms with Crippen molar-refractivity contribution >= 4 is 27.6 Å². The molecule has 0 aliphatic rings. The molecule has 0 fully saturated rings. The number of carbonyl (C=O) groups is 1. The fraction of sp³-hybridized carbons (Fsp3) is 0.429. The molecule has 1 rings (SSSR count). The topological polar surface area (TPSA) is 87.3 Å². The quantitative estimate of drug-likeness (QED) is 0.350. The molecule has 15 heavy (non-hydrogen) atoms. The molecule has 8 heteroatoms. The number of halogens is 1. The van der Waals surface area contributed by atoms with Gasteiger partial charge in [-0.3, -0.25) is 19.6 Å². The van der Waals surface area contributed by atoms with Crippen molar-refractivity contribution in [2.75, 3.05) is 7.11 Å². The average Bonchev–Trinajstić information content (AvgIpc) is 2.65. The third kappa shape index (κ3) is 3.01. The molecule has 1 aromatic rings. The van der Waals surface area contributed by atoms with Crippen molar-refractivity contribution in [2.45, 2.75) is 11.4 Å². The molecule has 1 unspecified atom stereocenters. The van der Waals surface area contributed by atoms with Crippen molar-refractivity contribution < 1.29 is 14.5 Å². The Hall–Kier alpha value is -1.44. The first-order chi connectivity index (χ1) is 7.04. The van der Waals surface area contributed by atoms with Crippen LogP contribution < -0.4 is 0 Å². The Morgan fingerprint density at radius 1 is 1.87 bits per heavy atom. The Labute approximate surface area is 93.3 Å². The summed E-state index contributed by atoms with van der Waals surface area (Å²) < 4.78 is 5.78. The zero-order valence-electron chi connectivity index (χ0n) is 7.79. The standard InChI is InChI=1S/C7H8BrN3O4/c1-15-7(12)6(8)4-10-3-5(2-9-10)11(13)14/h2-3,6H,4H2,1H3. The van der Waals surface area contributed by atoms with Gasteiger partial charge in [0.15, 0.2) is 0 Å². The van der Waals surface area contributed by atoms with Gasteiger partial charge in [-0.2, -0.15) is 5.10 Å². The van der Waals surface area contributed by atoms with Crippen LogP contribution in [0.15, 0.2) is 12.4 Å². The maximum Gasteiger partial charge on any atom is 0.321 e. The second-order valence-electron chi connectivity index (χ2n) is 2.67. The molecule has 7 nitrogen and oxygen atoms in total. The van der Waals surface area contributed by atoms with Crippen LogP contribution >= 0.6 is 15.9 Å². The highest BCUT2D eigenvalue weighted by atomic mass is 79.9. The summed E-state index contributed by atoms with van der Waals surface area (Å²) in [5.41, 5.74) is -0.112. The maximum atomic E-state index is 11.0. The highest BCUT2D eigenvalue weighted by Crippen LogP contribution is 2.11. The van der Waals surface area contributed by atoms with E-state index in [0.717, 1.165) is 6.20 Å². The van der Waals surface area contributed by atoms with E-state index in [1.54, 1.807) is 0 Å². The Morgan fingerprint density at radius 3 is 3.00 bits per heavy atom. The van der Waals surface area contributed by atoms with Crippen LogP contribution in [0.3, 0.4) is 0 Å². The van der Waals surface area contributed by atoms with Crippen molar-refractivity contribution in [3.8, 4) is 0 Å². The number of hydrogen-bond acceptors (Lipinski definition) is 5. The molecule has 0 aliphatic carbocycles. The lowest BCUT2D eigenvalue weighted by Gasteiger charge is -2.06. The summed E-state index contributed by atoms with van der Waals surface area (Å²) in [6, 6.07) is 0. The van der Waals surface area contributed by atoms with Crippen LogP contribution in [0, 0.1) is 10.1 Å². The Morgan fingerprint density at radius 2 is 2.53 bits per heavy atom. The van der Waals surface area contributed by atoms with Crippen LogP contribution in [-0.4, -0.2) is 32.6 Å². The third-order valence-corrected chi connectivity index (χ3v) is 2.30. The number of ether oxygens (including phenoxy) is 1. The first-order valence-electron chi connectivity index (χ1n) is 3.93. The summed E-state index contributed by atoms with van der Waals surface area (Å²) in [4.78, 5) is 20.2. The lowest BCUT2D eigenvalue weighted by Crippen LogP contribution is -2.21. The lowest BCUT2D eigenvalue weighted by molar-refractivity contribution is -0.385. The number of methoxy groups -OCH3 is 1. The van der Waals surface area contributed by atoms with Gasteiger partial charge >= 0.3 is 11.7 Å². The molecular weight excluding hydrogens is 270 g/mol. The van der Waals surface area contributed by atoms with E-state index in [1.807, 2.05) is 0 Å². The van der Waals surface area contributed by atoms with Crippen molar-refractivity contribution in [1.29, 1.82) is 0 Å². The largest absolute Gasteiger partial charge is 0.468 e. The molecule has 0 aliphatic heterocycles. The van der Waals surface area contributed by atoms with Gasteiger partial charge in [-0.05, 0) is 0 Å². The van der Waals surface area contributed by atoms with Gasteiger partial charge in [-0.15, -0.1) is 0 Å². The molecule has 1 atom stereocenters. The first kappa shape index (κ1) is 11.6. The molecule has 1 aromatic heterocycles. The number of esters is 1. The monoisotopic (exact) mass is 277 g/mol. The van der Waals surface area contributed by atoms with Crippen molar-refractivity contribution in [3.63, 3.8) is 0 Å². The van der Waals surface area contributed by atoms with Crippen LogP contribution in [0.4, 0.5) is 5.69 Å². The number of nitro groups is 1. The van der Waals surface area contributed by atoms with Gasteiger partial charge in [0.2, 0.25) is 0 Å². The number of carbonyl (C=O) groups excluding carboxylic acids is 1. The predicted molar refractivity (Wildman–Crippen MR) is 53.6 cm³/mol. The summed E-state index contributed by atoms with van der Waals surface area (Å²) in [5, 5.41) is 14.1. The van der Waals surface area contributed by atoms with Crippen LogP contribution in [0.1, 0.15) is 0 Å². The van der Waals surface area contributed by atoms with Gasteiger partial charge in [-0.1, -0.05) is 15.9 Å². The molecule has 0 saturated carbocycles. The number of alkyl halides is 1. The predicted octanol–water partition coefficient (Wildman–Crippen LogP) is 0.728. The number of hydrogen-bond donors (Lipinski definition) is 0. The van der Waals surface area contributed by atoms with Crippen LogP contribution in [-0.2, 0) is 16.1 Å². The van der Waals surface area contributed by atoms with Crippen molar-refractivity contribution in [3.05, 3.63) is 22.5 Å². The fourth-order valence-electron chi connectivity index (χ4n) is 0.913. The molecule has 0 saturated heterocycles. The second-order valence-corrected chi connectivity index (χ2v) is 3.77. The Balaban J connectivity index is 2.65. The minimum absolute atomic E-state index is 0.112. The molecule has 0 spiro atoms. The van der Waals surface area contributed by atoms with Gasteiger partial charge in [0.1, 0.15) is 17.2 Å². The van der Waals surface area contributed by atoms with Gasteiger partial charge in [0.05, 0.1) is 18.6 Å². The van der Waals surface area contributed by atoms with E-state index in [4.69, 9.17) is 0 Å². The van der Waals surface area contributed by atoms with Gasteiger partial charge in [-0.25, -0.2) is 0 Å². The molecule has 0 aromatic carbocycles. The van der Waals surface area contributed by atoms with Crippen LogP contribution in [0.25, 0.3) is 0 Å². The molecule has 1 heterocycles. The highest BCUT2D eigenvalue weighted by Gasteiger charge is 2.17. The van der Waals surface area contributed by atoms with E-state index in [0.29, 0.717) is 0 Å². The van der Waals surface area contributed by atoms with Gasteiger partial charge in [0.25, 0.3) is 0 Å². The summed E-state index contributed by atoms with van der Waals surface area (Å²) in [5.74, 6) is -0.451. The minimum atomic E-state index is -0.568. The van der Waals surface area contributed by atoms with E-state index >= 15 is 0 Å². The first-order valence-corrected chi connectivity index (χ1v) is 4.85. The lowest BCUT2D eigenvalue weighted by atomic mass is 10.4. The number of aromatic nitrogens is 2. The maximum absolute atomic E-state index is 11.0. The zero-order chi connectivity index (χ0) is 11.4. The second kappa shape index (κ2) is 4.87. The Bertz CT molecular complexity index is 378. The number of nitrogens with zero attached hydrogens (tertiary/aromatic N) is 3. The Kier molecular flexibility index (Phi) is 3.78. The zero-order valence-corrected chi connectivity index (χ0v) is 9.38. The van der Waals surface area contributed by atoms with Gasteiger partial charge in [0, 0.05) is 0 Å². The van der Waals surface area contributed by atoms with Crippen molar-refractivity contribution in [2.24, 2.45) is 0 Å². The van der Waals surface area contributed by atoms with E-state index in [1.165, 1.54) is 18.0 Å². The molecule has 0 radical (unpaired) electrons. The van der Waals surface area contributed by atoms with Crippen molar-refractivity contribution in [1.82, 2.24) is 9.78 Å². The molecular formula is C7H8BrN3O4. The van der Waals surface area contributed by atoms with Gasteiger partial charge < -0.3 is 4.74 Å². The summed E-state index contributed by atoms with van der Waals surface area (Å²) in [6.45, 7) is 0.181. The summed E-state index contributed by atoms with van der Waals surface area (Å²) in [7, 11) is 1.27. The molecule has 0 amide bonds. The highest BCUT2D eigenvalue weighted by molar-refractivity contribution is 9.10. The third-order valence-electron chi connectivity index (χ3n) is 1.63. The van der Waals surface area contributed by atoms with Crippen LogP contribution in [0.2, 0.25) is 0 Å². The van der Waals surface area contributed by atoms with E-state index < -0.39 is 15.7 Å². The molecule has 0 N–H and O–H groups in total. The smallest absolute Gasteiger partial charge is 0.321 e. The molecule has 0 bridgehead atoms. The normalized spacial score (nSPS) is 12.1. The fourth-order valence-corrected chi connectivity index (χ4v) is 1.40. The van der Waals surface area contributed by atoms with E-state index in [-0.39, 0.29) is 12.2 Å². The molecule has 82 valence electrons. The van der Waals surface area contributed by atoms with E-state index in [9.17, 15) is 14.9 Å². The van der Waals surface area contributed by atoms with Crippen LogP contribution in [0.5, 0.6) is 0 Å². The number of rotatable bonds is 4. The van der Waals surface area contributed by atoms with E-state index in [2.05, 4.69) is 25.8 Å². The minimum Gasteiger partial charge on any atom is -0.468 e. The summed E-state index contributed by atoms with van der Waals surface area (Å²) in [6.07, 6.45) is 2.37. The average molecular weight is 278 g/mol.